The molecule has 1 saturated heterocycles. The molecule has 0 unspecified atom stereocenters. The number of benzene rings is 2. The summed E-state index contributed by atoms with van der Waals surface area (Å²) in [6, 6.07) is 18.0. The van der Waals surface area contributed by atoms with E-state index in [-0.39, 0.29) is 18.2 Å². The molecular weight excluding hydrogens is 438 g/mol. The van der Waals surface area contributed by atoms with Crippen molar-refractivity contribution in [2.75, 3.05) is 24.6 Å². The minimum Gasteiger partial charge on any atom is -0.496 e. The molecule has 0 bridgehead atoms. The number of allylic oxidation sites excluding steroid dienone is 1. The molecule has 4 rings (SSSR count). The number of anilines is 1. The second-order valence-corrected chi connectivity index (χ2v) is 8.43. The van der Waals surface area contributed by atoms with Gasteiger partial charge in [-0.05, 0) is 30.3 Å². The molecule has 7 heteroatoms. The van der Waals surface area contributed by atoms with Gasteiger partial charge in [0.1, 0.15) is 5.75 Å². The zero-order valence-corrected chi connectivity index (χ0v) is 17.7. The molecule has 5 nitrogen and oxygen atoms in total. The topological polar surface area (TPSA) is 56.6 Å². The number of nitriles is 1. The Labute approximate surface area is 176 Å². The van der Waals surface area contributed by atoms with Crippen LogP contribution in [0, 0.1) is 11.3 Å². The van der Waals surface area contributed by atoms with Crippen molar-refractivity contribution in [2.24, 2.45) is 0 Å². The number of para-hydroxylation sites is 1. The normalized spacial score (nSPS) is 19.3. The average molecular weight is 456 g/mol. The van der Waals surface area contributed by atoms with E-state index in [1.165, 1.54) is 11.8 Å². The van der Waals surface area contributed by atoms with Crippen LogP contribution in [0.5, 0.6) is 5.75 Å². The zero-order chi connectivity index (χ0) is 19.7. The first kappa shape index (κ1) is 18.9. The molecule has 0 saturated carbocycles. The van der Waals surface area contributed by atoms with Crippen LogP contribution in [-0.2, 0) is 4.79 Å². The number of hydrogen-bond donors (Lipinski definition) is 0. The van der Waals surface area contributed by atoms with Gasteiger partial charge in [0.05, 0.1) is 36.3 Å². The second-order valence-electron chi connectivity index (χ2n) is 6.58. The lowest BCUT2D eigenvalue weighted by Gasteiger charge is -2.42. The summed E-state index contributed by atoms with van der Waals surface area (Å²) in [5.74, 6) is 1.15. The summed E-state index contributed by atoms with van der Waals surface area (Å²) < 4.78 is 6.49. The highest BCUT2D eigenvalue weighted by molar-refractivity contribution is 9.10. The van der Waals surface area contributed by atoms with Crippen LogP contribution in [0.3, 0.4) is 0 Å². The fraction of sp³-hybridized carbons (Fsp3) is 0.238. The standard InChI is InChI=1S/C21H18BrN3O2S/c1-27-19-5-3-2-4-16(19)17-10-20(26)25-12-24(13-28-21(25)18(17)11-23)15-8-6-14(22)7-9-15/h2-9,17H,10,12-13H2,1H3/t17-/m1/s1. The van der Waals surface area contributed by atoms with E-state index in [4.69, 9.17) is 4.74 Å². The number of fused-ring (bicyclic) bond motifs is 1. The molecule has 1 fully saturated rings. The van der Waals surface area contributed by atoms with Gasteiger partial charge in [0, 0.05) is 28.1 Å². The van der Waals surface area contributed by atoms with Crippen molar-refractivity contribution in [3.63, 3.8) is 0 Å². The number of ether oxygens (including phenoxy) is 1. The van der Waals surface area contributed by atoms with Gasteiger partial charge in [0.2, 0.25) is 5.91 Å². The van der Waals surface area contributed by atoms with Gasteiger partial charge in [0.15, 0.2) is 0 Å². The van der Waals surface area contributed by atoms with E-state index in [0.717, 1.165) is 20.8 Å². The molecule has 2 aromatic carbocycles. The summed E-state index contributed by atoms with van der Waals surface area (Å²) in [5.41, 5.74) is 2.58. The molecule has 2 aromatic rings. The van der Waals surface area contributed by atoms with Gasteiger partial charge in [-0.1, -0.05) is 45.9 Å². The fourth-order valence-electron chi connectivity index (χ4n) is 3.60. The number of carbonyl (C=O) groups excluding carboxylic acids is 1. The molecule has 142 valence electrons. The summed E-state index contributed by atoms with van der Waals surface area (Å²) in [5, 5.41) is 10.7. The number of amides is 1. The highest BCUT2D eigenvalue weighted by Crippen LogP contribution is 2.45. The Kier molecular flexibility index (Phi) is 5.33. The number of thioether (sulfide) groups is 1. The second kappa shape index (κ2) is 7.90. The maximum Gasteiger partial charge on any atom is 0.229 e. The zero-order valence-electron chi connectivity index (χ0n) is 15.3. The van der Waals surface area contributed by atoms with Crippen LogP contribution >= 0.6 is 27.7 Å². The van der Waals surface area contributed by atoms with Gasteiger partial charge >= 0.3 is 0 Å². The van der Waals surface area contributed by atoms with Crippen molar-refractivity contribution in [2.45, 2.75) is 12.3 Å². The third kappa shape index (κ3) is 3.38. The summed E-state index contributed by atoms with van der Waals surface area (Å²) in [7, 11) is 1.61. The largest absolute Gasteiger partial charge is 0.496 e. The van der Waals surface area contributed by atoms with Gasteiger partial charge in [-0.25, -0.2) is 0 Å². The molecule has 2 aliphatic rings. The van der Waals surface area contributed by atoms with Gasteiger partial charge in [-0.2, -0.15) is 5.26 Å². The van der Waals surface area contributed by atoms with Crippen LogP contribution in [0.25, 0.3) is 0 Å². The molecule has 28 heavy (non-hydrogen) atoms. The van der Waals surface area contributed by atoms with Crippen LogP contribution in [0.4, 0.5) is 5.69 Å². The summed E-state index contributed by atoms with van der Waals surface area (Å²) in [4.78, 5) is 16.9. The Morgan fingerprint density at radius 3 is 2.68 bits per heavy atom. The van der Waals surface area contributed by atoms with Crippen molar-refractivity contribution >= 4 is 39.3 Å². The number of methoxy groups -OCH3 is 1. The fourth-order valence-corrected chi connectivity index (χ4v) is 5.03. The number of hydrogen-bond acceptors (Lipinski definition) is 5. The monoisotopic (exact) mass is 455 g/mol. The summed E-state index contributed by atoms with van der Waals surface area (Å²) >= 11 is 4.99. The molecule has 0 radical (unpaired) electrons. The Morgan fingerprint density at radius 2 is 1.96 bits per heavy atom. The van der Waals surface area contributed by atoms with Crippen LogP contribution in [0.1, 0.15) is 17.9 Å². The van der Waals surface area contributed by atoms with E-state index < -0.39 is 0 Å². The van der Waals surface area contributed by atoms with Crippen molar-refractivity contribution in [1.29, 1.82) is 5.26 Å². The number of halogens is 1. The Morgan fingerprint density at radius 1 is 1.21 bits per heavy atom. The van der Waals surface area contributed by atoms with Crippen molar-refractivity contribution in [3.8, 4) is 11.8 Å². The van der Waals surface area contributed by atoms with Crippen LogP contribution in [0.15, 0.2) is 63.6 Å². The maximum atomic E-state index is 13.0. The Hall–Kier alpha value is -2.43. The van der Waals surface area contributed by atoms with E-state index in [9.17, 15) is 10.1 Å². The van der Waals surface area contributed by atoms with Gasteiger partial charge in [-0.3, -0.25) is 9.69 Å². The SMILES string of the molecule is COc1ccccc1[C@H]1CC(=O)N2CN(c3ccc(Br)cc3)CSC2=C1C#N. The molecule has 1 amide bonds. The van der Waals surface area contributed by atoms with E-state index in [0.29, 0.717) is 23.9 Å². The number of rotatable bonds is 3. The van der Waals surface area contributed by atoms with E-state index in [1.54, 1.807) is 12.0 Å². The van der Waals surface area contributed by atoms with E-state index in [1.807, 2.05) is 48.5 Å². The molecule has 0 aromatic heterocycles. The third-order valence-electron chi connectivity index (χ3n) is 5.00. The van der Waals surface area contributed by atoms with Crippen LogP contribution in [0.2, 0.25) is 0 Å². The van der Waals surface area contributed by atoms with E-state index in [2.05, 4.69) is 26.9 Å². The predicted molar refractivity (Wildman–Crippen MR) is 114 cm³/mol. The smallest absolute Gasteiger partial charge is 0.229 e. The molecular formula is C21H18BrN3O2S. The lowest BCUT2D eigenvalue weighted by molar-refractivity contribution is -0.129. The van der Waals surface area contributed by atoms with Crippen molar-refractivity contribution < 1.29 is 9.53 Å². The molecule has 0 spiro atoms. The molecule has 2 aliphatic heterocycles. The number of carbonyl (C=O) groups is 1. The molecule has 0 N–H and O–H groups in total. The van der Waals surface area contributed by atoms with E-state index >= 15 is 0 Å². The Bertz CT molecular complexity index is 984. The average Bonchev–Trinajstić information content (AvgIpc) is 2.74. The lowest BCUT2D eigenvalue weighted by Crippen LogP contribution is -2.47. The predicted octanol–water partition coefficient (Wildman–Crippen LogP) is 4.68. The van der Waals surface area contributed by atoms with Crippen molar-refractivity contribution in [1.82, 2.24) is 4.90 Å². The minimum atomic E-state index is -0.272. The lowest BCUT2D eigenvalue weighted by atomic mass is 9.86. The first-order valence-corrected chi connectivity index (χ1v) is 10.6. The minimum absolute atomic E-state index is 0.0271. The van der Waals surface area contributed by atoms with Gasteiger partial charge < -0.3 is 9.64 Å². The highest BCUT2D eigenvalue weighted by atomic mass is 79.9. The maximum absolute atomic E-state index is 13.0. The van der Waals surface area contributed by atoms with Crippen LogP contribution < -0.4 is 9.64 Å². The van der Waals surface area contributed by atoms with Gasteiger partial charge in [-0.15, -0.1) is 0 Å². The quantitative estimate of drug-likeness (QED) is 0.672. The Balaban J connectivity index is 1.68. The first-order valence-electron chi connectivity index (χ1n) is 8.83. The third-order valence-corrected chi connectivity index (χ3v) is 6.68. The van der Waals surface area contributed by atoms with Crippen LogP contribution in [-0.4, -0.2) is 30.5 Å². The molecule has 0 aliphatic carbocycles. The summed E-state index contributed by atoms with van der Waals surface area (Å²) in [6.45, 7) is 0.451. The number of nitrogens with zero attached hydrogens (tertiary/aromatic N) is 3. The highest BCUT2D eigenvalue weighted by Gasteiger charge is 2.39. The molecule has 1 atom stereocenters. The first-order chi connectivity index (χ1) is 13.6. The van der Waals surface area contributed by atoms with Crippen molar-refractivity contribution in [3.05, 3.63) is 69.2 Å². The molecule has 2 heterocycles. The van der Waals surface area contributed by atoms with Gasteiger partial charge in [0.25, 0.3) is 0 Å². The summed E-state index contributed by atoms with van der Waals surface area (Å²) in [6.07, 6.45) is 0.265.